The standard InChI is InChI=1S/C18H26N4O3/c1-13-15(3-5-17(24)25)2-4-16-18(13)19-20-22(16)11-10-21-8-6-14(12-23)7-9-21/h2,4,14,23H,3,5-12H2,1H3,(H,24,25). The zero-order valence-corrected chi connectivity index (χ0v) is 14.7. The van der Waals surface area contributed by atoms with Gasteiger partial charge in [-0.25, -0.2) is 4.68 Å². The number of aromatic nitrogens is 3. The molecule has 1 aromatic carbocycles. The Labute approximate surface area is 147 Å². The number of carboxylic acid groups (broad SMARTS) is 1. The van der Waals surface area contributed by atoms with Gasteiger partial charge in [-0.15, -0.1) is 5.10 Å². The van der Waals surface area contributed by atoms with Crippen LogP contribution in [0.15, 0.2) is 12.1 Å². The lowest BCUT2D eigenvalue weighted by Crippen LogP contribution is -2.36. The minimum atomic E-state index is -0.784. The molecule has 2 aromatic rings. The summed E-state index contributed by atoms with van der Waals surface area (Å²) < 4.78 is 1.93. The predicted molar refractivity (Wildman–Crippen MR) is 94.5 cm³/mol. The molecule has 0 bridgehead atoms. The molecule has 0 atom stereocenters. The first-order valence-corrected chi connectivity index (χ1v) is 8.95. The first kappa shape index (κ1) is 17.8. The normalized spacial score (nSPS) is 16.6. The molecule has 0 saturated carbocycles. The lowest BCUT2D eigenvalue weighted by Gasteiger charge is -2.30. The van der Waals surface area contributed by atoms with E-state index in [1.807, 2.05) is 23.7 Å². The maximum Gasteiger partial charge on any atom is 0.303 e. The second-order valence-electron chi connectivity index (χ2n) is 6.89. The van der Waals surface area contributed by atoms with Gasteiger partial charge in [-0.2, -0.15) is 0 Å². The molecule has 2 N–H and O–H groups in total. The van der Waals surface area contributed by atoms with E-state index in [1.54, 1.807) is 0 Å². The van der Waals surface area contributed by atoms with Crippen LogP contribution < -0.4 is 0 Å². The fourth-order valence-corrected chi connectivity index (χ4v) is 3.52. The van der Waals surface area contributed by atoms with Crippen molar-refractivity contribution in [2.24, 2.45) is 5.92 Å². The first-order valence-electron chi connectivity index (χ1n) is 8.95. The second kappa shape index (κ2) is 7.93. The number of fused-ring (bicyclic) bond motifs is 1. The summed E-state index contributed by atoms with van der Waals surface area (Å²) in [7, 11) is 0. The Morgan fingerprint density at radius 3 is 2.72 bits per heavy atom. The lowest BCUT2D eigenvalue weighted by molar-refractivity contribution is -0.136. The highest BCUT2D eigenvalue weighted by molar-refractivity contribution is 5.79. The maximum absolute atomic E-state index is 10.8. The van der Waals surface area contributed by atoms with Crippen molar-refractivity contribution >= 4 is 17.0 Å². The van der Waals surface area contributed by atoms with Crippen LogP contribution in [-0.2, 0) is 17.8 Å². The largest absolute Gasteiger partial charge is 0.481 e. The third-order valence-electron chi connectivity index (χ3n) is 5.25. The number of carbonyl (C=O) groups is 1. The molecule has 0 unspecified atom stereocenters. The number of aryl methyl sites for hydroxylation is 2. The molecule has 0 spiro atoms. The zero-order chi connectivity index (χ0) is 17.8. The van der Waals surface area contributed by atoms with Crippen molar-refractivity contribution < 1.29 is 15.0 Å². The van der Waals surface area contributed by atoms with Crippen LogP contribution in [0.3, 0.4) is 0 Å². The predicted octanol–water partition coefficient (Wildman–Crippen LogP) is 1.46. The van der Waals surface area contributed by atoms with Crippen LogP contribution in [-0.4, -0.2) is 62.3 Å². The molecule has 1 aliphatic heterocycles. The minimum Gasteiger partial charge on any atom is -0.481 e. The molecule has 2 heterocycles. The van der Waals surface area contributed by atoms with Crippen LogP contribution >= 0.6 is 0 Å². The van der Waals surface area contributed by atoms with Gasteiger partial charge in [0, 0.05) is 19.6 Å². The number of rotatable bonds is 7. The monoisotopic (exact) mass is 346 g/mol. The summed E-state index contributed by atoms with van der Waals surface area (Å²) in [5, 5.41) is 26.7. The van der Waals surface area contributed by atoms with Crippen molar-refractivity contribution in [3.8, 4) is 0 Å². The highest BCUT2D eigenvalue weighted by atomic mass is 16.4. The number of aliphatic hydroxyl groups excluding tert-OH is 1. The van der Waals surface area contributed by atoms with Gasteiger partial charge in [-0.1, -0.05) is 11.3 Å². The van der Waals surface area contributed by atoms with Crippen molar-refractivity contribution in [2.75, 3.05) is 26.2 Å². The summed E-state index contributed by atoms with van der Waals surface area (Å²) in [5.74, 6) is -0.330. The summed E-state index contributed by atoms with van der Waals surface area (Å²) in [5.41, 5.74) is 3.91. The van der Waals surface area contributed by atoms with E-state index in [1.165, 1.54) is 0 Å². The highest BCUT2D eigenvalue weighted by Gasteiger charge is 2.18. The Bertz CT molecular complexity index is 735. The van der Waals surface area contributed by atoms with Crippen LogP contribution in [0.5, 0.6) is 0 Å². The molecule has 1 fully saturated rings. The van der Waals surface area contributed by atoms with Crippen molar-refractivity contribution in [1.82, 2.24) is 19.9 Å². The molecule has 0 radical (unpaired) electrons. The molecule has 136 valence electrons. The van der Waals surface area contributed by atoms with Crippen molar-refractivity contribution in [3.05, 3.63) is 23.3 Å². The molecule has 25 heavy (non-hydrogen) atoms. The summed E-state index contributed by atoms with van der Waals surface area (Å²) in [6.45, 7) is 6.04. The SMILES string of the molecule is Cc1c(CCC(=O)O)ccc2c1nnn2CCN1CCC(CO)CC1. The number of likely N-dealkylation sites (tertiary alicyclic amines) is 1. The summed E-state index contributed by atoms with van der Waals surface area (Å²) >= 11 is 0. The third kappa shape index (κ3) is 4.16. The molecule has 3 rings (SSSR count). The van der Waals surface area contributed by atoms with Gasteiger partial charge in [-0.3, -0.25) is 4.79 Å². The average Bonchev–Trinajstić information content (AvgIpc) is 3.03. The summed E-state index contributed by atoms with van der Waals surface area (Å²) in [6.07, 6.45) is 2.76. The van der Waals surface area contributed by atoms with Crippen LogP contribution in [0.2, 0.25) is 0 Å². The fourth-order valence-electron chi connectivity index (χ4n) is 3.52. The number of carboxylic acids is 1. The van der Waals surface area contributed by atoms with Crippen LogP contribution in [0, 0.1) is 12.8 Å². The van der Waals surface area contributed by atoms with Gasteiger partial charge in [0.2, 0.25) is 0 Å². The lowest BCUT2D eigenvalue weighted by atomic mass is 9.98. The topological polar surface area (TPSA) is 91.5 Å². The Kier molecular flexibility index (Phi) is 5.65. The Morgan fingerprint density at radius 2 is 2.04 bits per heavy atom. The smallest absolute Gasteiger partial charge is 0.303 e. The van der Waals surface area contributed by atoms with Gasteiger partial charge in [0.05, 0.1) is 12.1 Å². The fraction of sp³-hybridized carbons (Fsp3) is 0.611. The molecule has 0 aliphatic carbocycles. The third-order valence-corrected chi connectivity index (χ3v) is 5.25. The average molecular weight is 346 g/mol. The van der Waals surface area contributed by atoms with Gasteiger partial charge in [0.1, 0.15) is 5.52 Å². The van der Waals surface area contributed by atoms with E-state index in [0.717, 1.165) is 61.2 Å². The number of nitrogens with zero attached hydrogens (tertiary/aromatic N) is 4. The Balaban J connectivity index is 1.65. The van der Waals surface area contributed by atoms with Gasteiger partial charge < -0.3 is 15.1 Å². The molecular formula is C18H26N4O3. The maximum atomic E-state index is 10.8. The van der Waals surface area contributed by atoms with Crippen molar-refractivity contribution in [2.45, 2.75) is 39.2 Å². The van der Waals surface area contributed by atoms with Gasteiger partial charge in [0.15, 0.2) is 0 Å². The molecule has 1 aliphatic rings. The number of hydrogen-bond donors (Lipinski definition) is 2. The number of benzene rings is 1. The molecule has 0 amide bonds. The zero-order valence-electron chi connectivity index (χ0n) is 14.7. The van der Waals surface area contributed by atoms with E-state index in [2.05, 4.69) is 15.2 Å². The van der Waals surface area contributed by atoms with Gasteiger partial charge in [-0.05, 0) is 62.4 Å². The van der Waals surface area contributed by atoms with E-state index in [-0.39, 0.29) is 6.42 Å². The van der Waals surface area contributed by atoms with Crippen molar-refractivity contribution in [1.29, 1.82) is 0 Å². The van der Waals surface area contributed by atoms with E-state index in [9.17, 15) is 9.90 Å². The molecule has 7 nitrogen and oxygen atoms in total. The van der Waals surface area contributed by atoms with E-state index in [4.69, 9.17) is 5.11 Å². The molecule has 1 aromatic heterocycles. The second-order valence-corrected chi connectivity index (χ2v) is 6.89. The molecular weight excluding hydrogens is 320 g/mol. The van der Waals surface area contributed by atoms with E-state index in [0.29, 0.717) is 18.9 Å². The first-order chi connectivity index (χ1) is 12.1. The number of piperidine rings is 1. The van der Waals surface area contributed by atoms with Crippen LogP contribution in [0.25, 0.3) is 11.0 Å². The number of hydrogen-bond acceptors (Lipinski definition) is 5. The Morgan fingerprint density at radius 1 is 1.28 bits per heavy atom. The van der Waals surface area contributed by atoms with E-state index < -0.39 is 5.97 Å². The van der Waals surface area contributed by atoms with Gasteiger partial charge in [0.25, 0.3) is 0 Å². The van der Waals surface area contributed by atoms with Crippen LogP contribution in [0.4, 0.5) is 0 Å². The highest BCUT2D eigenvalue weighted by Crippen LogP contribution is 2.21. The number of aliphatic hydroxyl groups is 1. The quantitative estimate of drug-likeness (QED) is 0.789. The minimum absolute atomic E-state index is 0.129. The summed E-state index contributed by atoms with van der Waals surface area (Å²) in [6, 6.07) is 3.99. The van der Waals surface area contributed by atoms with Crippen LogP contribution in [0.1, 0.15) is 30.4 Å². The van der Waals surface area contributed by atoms with E-state index >= 15 is 0 Å². The Hall–Kier alpha value is -1.99. The molecule has 1 saturated heterocycles. The van der Waals surface area contributed by atoms with Crippen molar-refractivity contribution in [3.63, 3.8) is 0 Å². The molecule has 7 heteroatoms. The summed E-state index contributed by atoms with van der Waals surface area (Å²) in [4.78, 5) is 13.2. The van der Waals surface area contributed by atoms with Gasteiger partial charge >= 0.3 is 5.97 Å². The number of aliphatic carboxylic acids is 1.